The summed E-state index contributed by atoms with van der Waals surface area (Å²) in [4.78, 5) is 17.6. The van der Waals surface area contributed by atoms with Crippen LogP contribution in [0.3, 0.4) is 0 Å². The molecule has 4 rings (SSSR count). The number of likely N-dealkylation sites (tertiary alicyclic amines) is 1. The summed E-state index contributed by atoms with van der Waals surface area (Å²) in [6.07, 6.45) is 4.94. The van der Waals surface area contributed by atoms with Crippen molar-refractivity contribution in [3.8, 4) is 0 Å². The number of unbranched alkanes of at least 4 members (excludes halogenated alkanes) is 1. The highest BCUT2D eigenvalue weighted by atomic mass is 19.1. The van der Waals surface area contributed by atoms with Crippen molar-refractivity contribution in [3.05, 3.63) is 66.0 Å². The van der Waals surface area contributed by atoms with E-state index in [0.29, 0.717) is 6.67 Å². The van der Waals surface area contributed by atoms with Crippen molar-refractivity contribution < 1.29 is 9.18 Å². The number of anilines is 1. The van der Waals surface area contributed by atoms with Crippen molar-refractivity contribution in [2.24, 2.45) is 0 Å². The maximum atomic E-state index is 13.4. The number of amides is 1. The molecule has 0 aliphatic carbocycles. The molecule has 2 aliphatic rings. The topological polar surface area (TPSA) is 35.6 Å². The predicted octanol–water partition coefficient (Wildman–Crippen LogP) is 4.49. The minimum absolute atomic E-state index is 0.146. The molecule has 2 aromatic carbocycles. The molecule has 1 atom stereocenters. The summed E-state index contributed by atoms with van der Waals surface area (Å²) in [5.74, 6) is -0.0467. The van der Waals surface area contributed by atoms with Crippen LogP contribution >= 0.6 is 0 Å². The average molecular weight is 396 g/mol. The number of hydrogen-bond acceptors (Lipinski definition) is 3. The minimum Gasteiger partial charge on any atom is -0.339 e. The second-order valence-electron chi connectivity index (χ2n) is 8.20. The van der Waals surface area contributed by atoms with E-state index < -0.39 is 5.54 Å². The van der Waals surface area contributed by atoms with Crippen molar-refractivity contribution >= 4 is 11.6 Å². The quantitative estimate of drug-likeness (QED) is 0.783. The normalized spacial score (nSPS) is 20.1. The van der Waals surface area contributed by atoms with E-state index in [1.807, 2.05) is 30.3 Å². The Hall–Kier alpha value is -2.40. The molecule has 5 heteroatoms. The Bertz CT molecular complexity index is 816. The van der Waals surface area contributed by atoms with Crippen LogP contribution in [-0.2, 0) is 4.79 Å². The van der Waals surface area contributed by atoms with E-state index in [0.717, 1.165) is 50.9 Å². The minimum atomic E-state index is -0.462. The Morgan fingerprint density at radius 3 is 2.41 bits per heavy atom. The Morgan fingerprint density at radius 1 is 1.07 bits per heavy atom. The van der Waals surface area contributed by atoms with Crippen LogP contribution in [0.5, 0.6) is 0 Å². The number of benzene rings is 2. The molecule has 2 saturated heterocycles. The molecular weight excluding hydrogens is 365 g/mol. The molecule has 2 fully saturated rings. The van der Waals surface area contributed by atoms with Crippen molar-refractivity contribution in [1.29, 1.82) is 0 Å². The van der Waals surface area contributed by atoms with Crippen LogP contribution in [0.4, 0.5) is 10.1 Å². The van der Waals surface area contributed by atoms with Gasteiger partial charge in [0.2, 0.25) is 5.91 Å². The molecule has 29 heavy (non-hydrogen) atoms. The van der Waals surface area contributed by atoms with E-state index in [-0.39, 0.29) is 17.8 Å². The first-order chi connectivity index (χ1) is 14.1. The third kappa shape index (κ3) is 3.88. The van der Waals surface area contributed by atoms with Crippen molar-refractivity contribution in [2.45, 2.75) is 50.6 Å². The molecule has 0 radical (unpaired) electrons. The first-order valence-corrected chi connectivity index (χ1v) is 10.7. The van der Waals surface area contributed by atoms with Crippen LogP contribution in [0.15, 0.2) is 54.6 Å². The lowest BCUT2D eigenvalue weighted by molar-refractivity contribution is -0.125. The van der Waals surface area contributed by atoms with Crippen LogP contribution in [0.25, 0.3) is 0 Å². The van der Waals surface area contributed by atoms with Crippen LogP contribution in [-0.4, -0.2) is 36.1 Å². The number of carbonyl (C=O) groups is 1. The molecule has 0 aromatic heterocycles. The Labute approximate surface area is 172 Å². The number of para-hydroxylation sites is 1. The fraction of sp³-hybridized carbons (Fsp3) is 0.458. The molecule has 2 aliphatic heterocycles. The summed E-state index contributed by atoms with van der Waals surface area (Å²) in [6, 6.07) is 17.4. The fourth-order valence-electron chi connectivity index (χ4n) is 4.88. The number of piperidine rings is 1. The standard InChI is InChI=1S/C24H30FN3O/c1-2-3-9-22(19-10-12-20(25)13-11-19)27-16-14-24(15-17-27)23(29)26-18-28(24)21-7-5-4-6-8-21/h4-8,10-13,22H,2-3,9,14-18H2,1H3,(H,26,29). The van der Waals surface area contributed by atoms with E-state index in [9.17, 15) is 9.18 Å². The first kappa shape index (κ1) is 19.9. The van der Waals surface area contributed by atoms with Gasteiger partial charge < -0.3 is 10.2 Å². The number of carbonyl (C=O) groups excluding carboxylic acids is 1. The largest absolute Gasteiger partial charge is 0.339 e. The summed E-state index contributed by atoms with van der Waals surface area (Å²) < 4.78 is 13.4. The van der Waals surface area contributed by atoms with E-state index in [1.165, 1.54) is 5.56 Å². The Morgan fingerprint density at radius 2 is 1.76 bits per heavy atom. The zero-order chi connectivity index (χ0) is 20.3. The van der Waals surface area contributed by atoms with Gasteiger partial charge in [0.05, 0.1) is 6.67 Å². The monoisotopic (exact) mass is 395 g/mol. The lowest BCUT2D eigenvalue weighted by Gasteiger charge is -2.45. The molecule has 1 spiro atoms. The van der Waals surface area contributed by atoms with E-state index >= 15 is 0 Å². The van der Waals surface area contributed by atoms with Gasteiger partial charge in [0.15, 0.2) is 0 Å². The maximum absolute atomic E-state index is 13.4. The second kappa shape index (κ2) is 8.54. The van der Waals surface area contributed by atoms with Gasteiger partial charge in [-0.3, -0.25) is 9.69 Å². The Kier molecular flexibility index (Phi) is 5.86. The number of hydrogen-bond donors (Lipinski definition) is 1. The van der Waals surface area contributed by atoms with Gasteiger partial charge in [-0.05, 0) is 49.1 Å². The zero-order valence-corrected chi connectivity index (χ0v) is 17.1. The van der Waals surface area contributed by atoms with Crippen molar-refractivity contribution in [1.82, 2.24) is 10.2 Å². The first-order valence-electron chi connectivity index (χ1n) is 10.7. The average Bonchev–Trinajstić information content (AvgIpc) is 3.07. The molecule has 2 aromatic rings. The fourth-order valence-corrected chi connectivity index (χ4v) is 4.88. The van der Waals surface area contributed by atoms with Gasteiger partial charge in [0.25, 0.3) is 0 Å². The van der Waals surface area contributed by atoms with Gasteiger partial charge in [-0.2, -0.15) is 0 Å². The van der Waals surface area contributed by atoms with Crippen molar-refractivity contribution in [3.63, 3.8) is 0 Å². The zero-order valence-electron chi connectivity index (χ0n) is 17.1. The molecular formula is C24H30FN3O. The number of halogens is 1. The van der Waals surface area contributed by atoms with E-state index in [2.05, 4.69) is 34.2 Å². The van der Waals surface area contributed by atoms with Crippen LogP contribution in [0.1, 0.15) is 50.6 Å². The lowest BCUT2D eigenvalue weighted by atomic mass is 9.84. The van der Waals surface area contributed by atoms with E-state index in [4.69, 9.17) is 0 Å². The van der Waals surface area contributed by atoms with Gasteiger partial charge >= 0.3 is 0 Å². The van der Waals surface area contributed by atoms with Crippen LogP contribution in [0, 0.1) is 5.82 Å². The highest BCUT2D eigenvalue weighted by Gasteiger charge is 2.50. The van der Waals surface area contributed by atoms with Gasteiger partial charge in [-0.25, -0.2) is 4.39 Å². The second-order valence-corrected chi connectivity index (χ2v) is 8.20. The van der Waals surface area contributed by atoms with Crippen molar-refractivity contribution in [2.75, 3.05) is 24.7 Å². The van der Waals surface area contributed by atoms with Gasteiger partial charge in [0.1, 0.15) is 11.4 Å². The van der Waals surface area contributed by atoms with Gasteiger partial charge in [0, 0.05) is 24.8 Å². The third-order valence-corrected chi connectivity index (χ3v) is 6.56. The smallest absolute Gasteiger partial charge is 0.247 e. The number of nitrogens with one attached hydrogen (secondary N) is 1. The molecule has 0 bridgehead atoms. The SMILES string of the molecule is CCCCC(c1ccc(F)cc1)N1CCC2(CC1)C(=O)NCN2c1ccccc1. The predicted molar refractivity (Wildman–Crippen MR) is 114 cm³/mol. The number of nitrogens with zero attached hydrogens (tertiary/aromatic N) is 2. The Balaban J connectivity index is 1.53. The summed E-state index contributed by atoms with van der Waals surface area (Å²) in [5.41, 5.74) is 1.81. The highest BCUT2D eigenvalue weighted by Crippen LogP contribution is 2.39. The molecule has 1 amide bonds. The molecule has 0 saturated carbocycles. The molecule has 2 heterocycles. The third-order valence-electron chi connectivity index (χ3n) is 6.56. The van der Waals surface area contributed by atoms with Crippen LogP contribution in [0.2, 0.25) is 0 Å². The molecule has 1 N–H and O–H groups in total. The molecule has 154 valence electrons. The summed E-state index contributed by atoms with van der Waals surface area (Å²) in [7, 11) is 0. The van der Waals surface area contributed by atoms with Gasteiger partial charge in [-0.15, -0.1) is 0 Å². The van der Waals surface area contributed by atoms with E-state index in [1.54, 1.807) is 12.1 Å². The van der Waals surface area contributed by atoms with Crippen LogP contribution < -0.4 is 10.2 Å². The summed E-state index contributed by atoms with van der Waals surface area (Å²) in [5, 5.41) is 3.07. The molecule has 4 nitrogen and oxygen atoms in total. The maximum Gasteiger partial charge on any atom is 0.247 e. The highest BCUT2D eigenvalue weighted by molar-refractivity contribution is 5.93. The summed E-state index contributed by atoms with van der Waals surface area (Å²) >= 11 is 0. The summed E-state index contributed by atoms with van der Waals surface area (Å²) in [6.45, 7) is 4.50. The van der Waals surface area contributed by atoms with Gasteiger partial charge in [-0.1, -0.05) is 50.1 Å². The number of rotatable bonds is 6. The molecule has 1 unspecified atom stereocenters. The lowest BCUT2D eigenvalue weighted by Crippen LogP contribution is -2.56.